The topological polar surface area (TPSA) is 66.2 Å². The maximum absolute atomic E-state index is 13.5. The molecule has 4 nitrogen and oxygen atoms in total. The Bertz CT molecular complexity index is 970. The first-order valence-electron chi connectivity index (χ1n) is 9.10. The summed E-state index contributed by atoms with van der Waals surface area (Å²) in [6.07, 6.45) is 1.12. The summed E-state index contributed by atoms with van der Waals surface area (Å²) < 4.78 is 53.7. The minimum atomic E-state index is -0.904. The van der Waals surface area contributed by atoms with Crippen LogP contribution in [0.4, 0.5) is 17.6 Å². The predicted molar refractivity (Wildman–Crippen MR) is 104 cm³/mol. The van der Waals surface area contributed by atoms with E-state index in [1.54, 1.807) is 20.8 Å². The van der Waals surface area contributed by atoms with Crippen molar-refractivity contribution in [1.29, 1.82) is 0 Å². The molecule has 2 N–H and O–H groups in total. The van der Waals surface area contributed by atoms with E-state index in [0.29, 0.717) is 18.2 Å². The molecular weight excluding hydrogens is 592 g/mol. The van der Waals surface area contributed by atoms with Gasteiger partial charge in [0.25, 0.3) is 0 Å². The minimum Gasteiger partial charge on any atom is -0.393 e. The molecule has 0 bridgehead atoms. The molecule has 2 aromatic carbocycles. The molecule has 1 aromatic heterocycles. The van der Waals surface area contributed by atoms with Gasteiger partial charge in [-0.1, -0.05) is 6.07 Å². The van der Waals surface area contributed by atoms with Crippen LogP contribution < -0.4 is 0 Å². The number of hydrogen-bond acceptors (Lipinski definition) is 4. The van der Waals surface area contributed by atoms with Crippen molar-refractivity contribution in [3.8, 4) is 22.5 Å². The van der Waals surface area contributed by atoms with Crippen molar-refractivity contribution in [2.45, 2.75) is 39.4 Å². The molecule has 0 aliphatic carbocycles. The Balaban J connectivity index is 0.000000523. The van der Waals surface area contributed by atoms with Crippen LogP contribution in [0, 0.1) is 36.3 Å². The van der Waals surface area contributed by atoms with E-state index in [2.05, 4.69) is 16.0 Å². The Morgan fingerprint density at radius 1 is 0.871 bits per heavy atom. The third kappa shape index (κ3) is 8.45. The van der Waals surface area contributed by atoms with Gasteiger partial charge in [-0.3, -0.25) is 4.98 Å². The van der Waals surface area contributed by atoms with Crippen molar-refractivity contribution in [1.82, 2.24) is 9.97 Å². The van der Waals surface area contributed by atoms with Crippen LogP contribution in [0.3, 0.4) is 0 Å². The maximum atomic E-state index is 13.5. The summed E-state index contributed by atoms with van der Waals surface area (Å²) in [6, 6.07) is 6.90. The van der Waals surface area contributed by atoms with E-state index in [4.69, 9.17) is 10.2 Å². The van der Waals surface area contributed by atoms with Gasteiger partial charge in [0.2, 0.25) is 0 Å². The first-order chi connectivity index (χ1) is 14.0. The molecule has 0 fully saturated rings. The van der Waals surface area contributed by atoms with E-state index in [1.807, 2.05) is 0 Å². The average molecular weight is 614 g/mol. The van der Waals surface area contributed by atoms with Crippen LogP contribution >= 0.6 is 0 Å². The SMILES string of the molecule is CC(O)CC(C)O.Cc1cnc(-c2[c-]c(F)cc(F)c2)c(-c2cc(F)cc(F)c2)n1.[Ir]. The zero-order valence-corrected chi connectivity index (χ0v) is 19.4. The molecule has 3 rings (SSSR count). The number of aliphatic hydroxyl groups excluding tert-OH is 2. The summed E-state index contributed by atoms with van der Waals surface area (Å²) in [7, 11) is 0. The number of nitrogens with zero attached hydrogens (tertiary/aromatic N) is 2. The fourth-order valence-corrected chi connectivity index (χ4v) is 2.69. The smallest absolute Gasteiger partial charge is 0.126 e. The number of aromatic nitrogens is 2. The van der Waals surface area contributed by atoms with E-state index >= 15 is 0 Å². The van der Waals surface area contributed by atoms with Crippen LogP contribution in [0.15, 0.2) is 36.5 Å². The quantitative estimate of drug-likeness (QED) is 0.334. The predicted octanol–water partition coefficient (Wildman–Crippen LogP) is 4.61. The van der Waals surface area contributed by atoms with Gasteiger partial charge in [-0.05, 0) is 44.9 Å². The molecule has 1 radical (unpaired) electrons. The van der Waals surface area contributed by atoms with Crippen LogP contribution in [0.1, 0.15) is 26.0 Å². The van der Waals surface area contributed by atoms with Crippen molar-refractivity contribution in [3.63, 3.8) is 0 Å². The molecule has 0 saturated heterocycles. The van der Waals surface area contributed by atoms with E-state index in [1.165, 1.54) is 6.20 Å². The first-order valence-corrected chi connectivity index (χ1v) is 9.10. The molecule has 2 atom stereocenters. The number of halogens is 4. The van der Waals surface area contributed by atoms with E-state index < -0.39 is 23.3 Å². The van der Waals surface area contributed by atoms with Crippen molar-refractivity contribution >= 4 is 0 Å². The second-order valence-electron chi connectivity index (χ2n) is 6.86. The summed E-state index contributed by atoms with van der Waals surface area (Å²) in [5, 5.41) is 17.1. The molecule has 0 spiro atoms. The monoisotopic (exact) mass is 614 g/mol. The number of hydrogen-bond donors (Lipinski definition) is 2. The zero-order valence-electron chi connectivity index (χ0n) is 17.0. The van der Waals surface area contributed by atoms with Crippen LogP contribution in [0.5, 0.6) is 0 Å². The third-order valence-electron chi connectivity index (χ3n) is 3.77. The first kappa shape index (κ1) is 26.8. The molecule has 9 heteroatoms. The summed E-state index contributed by atoms with van der Waals surface area (Å²) in [5.74, 6) is -3.29. The van der Waals surface area contributed by atoms with Gasteiger partial charge >= 0.3 is 0 Å². The van der Waals surface area contributed by atoms with Gasteiger partial charge in [0.15, 0.2) is 0 Å². The average Bonchev–Trinajstić information content (AvgIpc) is 2.59. The normalized spacial score (nSPS) is 12.3. The van der Waals surface area contributed by atoms with Crippen molar-refractivity contribution in [2.75, 3.05) is 0 Å². The molecule has 0 saturated carbocycles. The second kappa shape index (κ2) is 12.0. The van der Waals surface area contributed by atoms with Crippen molar-refractivity contribution in [2.24, 2.45) is 0 Å². The maximum Gasteiger partial charge on any atom is 0.126 e. The largest absolute Gasteiger partial charge is 0.393 e. The van der Waals surface area contributed by atoms with Crippen LogP contribution in [0.2, 0.25) is 0 Å². The Hall–Kier alpha value is -2.19. The Labute approximate surface area is 191 Å². The Morgan fingerprint density at radius 2 is 1.42 bits per heavy atom. The van der Waals surface area contributed by atoms with Crippen molar-refractivity contribution in [3.05, 3.63) is 71.6 Å². The summed E-state index contributed by atoms with van der Waals surface area (Å²) in [5.41, 5.74) is 0.815. The van der Waals surface area contributed by atoms with Gasteiger partial charge in [-0.25, -0.2) is 17.6 Å². The summed E-state index contributed by atoms with van der Waals surface area (Å²) in [4.78, 5) is 8.30. The molecule has 1 heterocycles. The summed E-state index contributed by atoms with van der Waals surface area (Å²) >= 11 is 0. The molecule has 2 unspecified atom stereocenters. The fourth-order valence-electron chi connectivity index (χ4n) is 2.69. The van der Waals surface area contributed by atoms with Gasteiger partial charge < -0.3 is 15.2 Å². The van der Waals surface area contributed by atoms with Crippen LogP contribution in [-0.4, -0.2) is 32.4 Å². The van der Waals surface area contributed by atoms with Gasteiger partial charge in [-0.15, -0.1) is 17.7 Å². The van der Waals surface area contributed by atoms with Crippen LogP contribution in [0.25, 0.3) is 22.5 Å². The molecule has 0 aliphatic heterocycles. The van der Waals surface area contributed by atoms with E-state index in [0.717, 1.165) is 24.3 Å². The van der Waals surface area contributed by atoms with Gasteiger partial charge in [-0.2, -0.15) is 0 Å². The van der Waals surface area contributed by atoms with E-state index in [-0.39, 0.29) is 54.8 Å². The Kier molecular flexibility index (Phi) is 10.4. The zero-order chi connectivity index (χ0) is 22.4. The molecule has 0 aliphatic rings. The Morgan fingerprint density at radius 3 is 1.90 bits per heavy atom. The van der Waals surface area contributed by atoms with Crippen molar-refractivity contribution < 1.29 is 47.9 Å². The fraction of sp³-hybridized carbons (Fsp3) is 0.273. The van der Waals surface area contributed by atoms with E-state index in [9.17, 15) is 17.6 Å². The third-order valence-corrected chi connectivity index (χ3v) is 3.77. The minimum absolute atomic E-state index is 0. The molecule has 3 aromatic rings. The molecule has 31 heavy (non-hydrogen) atoms. The standard InChI is InChI=1S/C17H9F4N2.C5H12O2.Ir/c1-9-8-22-16(10-2-12(18)6-13(19)3-10)17(23-9)11-4-14(20)7-15(21)5-11;1-4(6)3-5(2)7;/h2,4-8H,1H3;4-7H,3H2,1-2H3;/q-1;;. The number of rotatable bonds is 4. The van der Waals surface area contributed by atoms with Crippen LogP contribution in [-0.2, 0) is 20.1 Å². The number of benzene rings is 2. The molecular formula is C22H21F4IrN2O2-. The van der Waals surface area contributed by atoms with Gasteiger partial charge in [0.1, 0.15) is 11.6 Å². The van der Waals surface area contributed by atoms with Gasteiger partial charge in [0, 0.05) is 49.7 Å². The molecule has 169 valence electrons. The summed E-state index contributed by atoms with van der Waals surface area (Å²) in [6.45, 7) is 4.96. The number of aryl methyl sites for hydroxylation is 1. The van der Waals surface area contributed by atoms with Gasteiger partial charge in [0.05, 0.1) is 23.6 Å². The number of aliphatic hydroxyl groups is 2. The molecule has 0 amide bonds. The second-order valence-corrected chi connectivity index (χ2v) is 6.86.